The van der Waals surface area contributed by atoms with Crippen LogP contribution in [-0.2, 0) is 17.9 Å². The van der Waals surface area contributed by atoms with Crippen molar-refractivity contribution in [1.82, 2.24) is 9.13 Å². The van der Waals surface area contributed by atoms with Gasteiger partial charge in [0.05, 0.1) is 25.1 Å². The number of anilines is 1. The van der Waals surface area contributed by atoms with E-state index in [1.807, 2.05) is 0 Å². The molecule has 0 fully saturated rings. The third-order valence-electron chi connectivity index (χ3n) is 5.05. The number of hydrogen-bond donors (Lipinski definition) is 1. The van der Waals surface area contributed by atoms with Gasteiger partial charge in [-0.05, 0) is 18.6 Å². The normalized spacial score (nSPS) is 10.8. The van der Waals surface area contributed by atoms with Crippen LogP contribution in [0.2, 0.25) is 0 Å². The first-order chi connectivity index (χ1) is 15.0. The van der Waals surface area contributed by atoms with Crippen LogP contribution < -0.4 is 26.0 Å². The van der Waals surface area contributed by atoms with Crippen LogP contribution >= 0.6 is 0 Å². The first-order valence-corrected chi connectivity index (χ1v) is 10.2. The molecule has 0 spiro atoms. The number of hydrogen-bond acceptors (Lipinski definition) is 5. The van der Waals surface area contributed by atoms with Gasteiger partial charge in [0.15, 0.2) is 0 Å². The number of amides is 1. The van der Waals surface area contributed by atoms with Gasteiger partial charge in [0.25, 0.3) is 5.56 Å². The fraction of sp³-hybridized carbons (Fsp3) is 0.348. The molecule has 0 atom stereocenters. The Balaban J connectivity index is 1.96. The van der Waals surface area contributed by atoms with Gasteiger partial charge in [0, 0.05) is 30.4 Å². The van der Waals surface area contributed by atoms with Gasteiger partial charge in [-0.15, -0.1) is 0 Å². The standard InChI is InChI=1S/C23H27N3O5/c1-4-5-8-11-25-22(28)19-9-6-7-10-20(19)26(23(25)29)15-21(27)24-16-12-17(30-2)14-18(13-16)31-3/h6-7,9-10,12-14H,4-5,8,11,15H2,1-3H3,(H,24,27). The molecule has 8 nitrogen and oxygen atoms in total. The van der Waals surface area contributed by atoms with Gasteiger partial charge in [-0.1, -0.05) is 31.9 Å². The lowest BCUT2D eigenvalue weighted by Gasteiger charge is -2.14. The van der Waals surface area contributed by atoms with E-state index < -0.39 is 11.6 Å². The lowest BCUT2D eigenvalue weighted by Crippen LogP contribution is -2.41. The summed E-state index contributed by atoms with van der Waals surface area (Å²) in [5.74, 6) is 0.657. The fourth-order valence-corrected chi connectivity index (χ4v) is 3.46. The topological polar surface area (TPSA) is 91.6 Å². The highest BCUT2D eigenvalue weighted by Gasteiger charge is 2.15. The number of methoxy groups -OCH3 is 2. The number of fused-ring (bicyclic) bond motifs is 1. The minimum Gasteiger partial charge on any atom is -0.497 e. The molecular formula is C23H27N3O5. The number of benzene rings is 2. The van der Waals surface area contributed by atoms with Crippen LogP contribution in [0.3, 0.4) is 0 Å². The largest absolute Gasteiger partial charge is 0.497 e. The number of carbonyl (C=O) groups is 1. The molecule has 0 unspecified atom stereocenters. The Bertz CT molecular complexity index is 1170. The Hall–Kier alpha value is -3.55. The molecule has 1 aromatic heterocycles. The van der Waals surface area contributed by atoms with Gasteiger partial charge < -0.3 is 14.8 Å². The molecule has 8 heteroatoms. The SMILES string of the molecule is CCCCCn1c(=O)c2ccccc2n(CC(=O)Nc2cc(OC)cc(OC)c2)c1=O. The van der Waals surface area contributed by atoms with E-state index in [0.29, 0.717) is 34.6 Å². The van der Waals surface area contributed by atoms with Gasteiger partial charge >= 0.3 is 5.69 Å². The van der Waals surface area contributed by atoms with Gasteiger partial charge in [-0.3, -0.25) is 18.7 Å². The van der Waals surface area contributed by atoms with E-state index in [2.05, 4.69) is 12.2 Å². The van der Waals surface area contributed by atoms with E-state index >= 15 is 0 Å². The molecule has 0 bridgehead atoms. The molecule has 0 saturated heterocycles. The first kappa shape index (κ1) is 22.1. The summed E-state index contributed by atoms with van der Waals surface area (Å²) >= 11 is 0. The van der Waals surface area contributed by atoms with E-state index in [1.54, 1.807) is 42.5 Å². The van der Waals surface area contributed by atoms with Crippen molar-refractivity contribution < 1.29 is 14.3 Å². The quantitative estimate of drug-likeness (QED) is 0.532. The summed E-state index contributed by atoms with van der Waals surface area (Å²) in [5.41, 5.74) is 0.0986. The van der Waals surface area contributed by atoms with Crippen molar-refractivity contribution in [3.63, 3.8) is 0 Å². The zero-order valence-electron chi connectivity index (χ0n) is 18.0. The third kappa shape index (κ3) is 4.96. The van der Waals surface area contributed by atoms with Crippen molar-refractivity contribution in [1.29, 1.82) is 0 Å². The summed E-state index contributed by atoms with van der Waals surface area (Å²) in [6, 6.07) is 11.9. The van der Waals surface area contributed by atoms with Crippen molar-refractivity contribution in [3.8, 4) is 11.5 Å². The fourth-order valence-electron chi connectivity index (χ4n) is 3.46. The average molecular weight is 425 g/mol. The highest BCUT2D eigenvalue weighted by atomic mass is 16.5. The molecule has 0 aliphatic heterocycles. The lowest BCUT2D eigenvalue weighted by atomic mass is 10.2. The number of ether oxygens (including phenoxy) is 2. The number of rotatable bonds is 9. The van der Waals surface area contributed by atoms with Crippen molar-refractivity contribution in [2.45, 2.75) is 39.3 Å². The van der Waals surface area contributed by atoms with E-state index in [4.69, 9.17) is 9.47 Å². The maximum atomic E-state index is 13.1. The summed E-state index contributed by atoms with van der Waals surface area (Å²) in [6.45, 7) is 2.15. The summed E-state index contributed by atoms with van der Waals surface area (Å²) in [6.07, 6.45) is 2.61. The molecule has 3 aromatic rings. The highest BCUT2D eigenvalue weighted by Crippen LogP contribution is 2.25. The number of aromatic nitrogens is 2. The number of nitrogens with one attached hydrogen (secondary N) is 1. The maximum Gasteiger partial charge on any atom is 0.331 e. The minimum atomic E-state index is -0.488. The van der Waals surface area contributed by atoms with E-state index in [-0.39, 0.29) is 12.1 Å². The summed E-state index contributed by atoms with van der Waals surface area (Å²) in [5, 5.41) is 3.18. The summed E-state index contributed by atoms with van der Waals surface area (Å²) in [4.78, 5) is 38.7. The van der Waals surface area contributed by atoms with Crippen molar-refractivity contribution in [2.75, 3.05) is 19.5 Å². The highest BCUT2D eigenvalue weighted by molar-refractivity contribution is 5.92. The van der Waals surface area contributed by atoms with Gasteiger partial charge in [0.1, 0.15) is 18.0 Å². The average Bonchev–Trinajstić information content (AvgIpc) is 2.78. The first-order valence-electron chi connectivity index (χ1n) is 10.2. The number of unbranched alkanes of at least 4 members (excludes halogenated alkanes) is 2. The van der Waals surface area contributed by atoms with Crippen molar-refractivity contribution in [3.05, 3.63) is 63.3 Å². The predicted molar refractivity (Wildman–Crippen MR) is 120 cm³/mol. The molecule has 164 valence electrons. The maximum absolute atomic E-state index is 13.1. The molecule has 1 N–H and O–H groups in total. The molecule has 0 radical (unpaired) electrons. The second-order valence-corrected chi connectivity index (χ2v) is 7.20. The monoisotopic (exact) mass is 425 g/mol. The molecule has 1 amide bonds. The lowest BCUT2D eigenvalue weighted by molar-refractivity contribution is -0.116. The minimum absolute atomic E-state index is 0.229. The Morgan fingerprint density at radius 2 is 1.65 bits per heavy atom. The van der Waals surface area contributed by atoms with Gasteiger partial charge in [-0.25, -0.2) is 4.79 Å². The van der Waals surface area contributed by atoms with Crippen molar-refractivity contribution in [2.24, 2.45) is 0 Å². The second-order valence-electron chi connectivity index (χ2n) is 7.20. The van der Waals surface area contributed by atoms with Crippen LogP contribution in [0.25, 0.3) is 10.9 Å². The molecule has 2 aromatic carbocycles. The number of carbonyl (C=O) groups excluding carboxylic acids is 1. The number of para-hydroxylation sites is 1. The second kappa shape index (κ2) is 9.97. The zero-order valence-corrected chi connectivity index (χ0v) is 18.0. The molecule has 0 aliphatic rings. The van der Waals surface area contributed by atoms with Crippen LogP contribution in [0.5, 0.6) is 11.5 Å². The Morgan fingerprint density at radius 3 is 2.29 bits per heavy atom. The molecular weight excluding hydrogens is 398 g/mol. The van der Waals surface area contributed by atoms with Crippen LogP contribution in [0.4, 0.5) is 5.69 Å². The molecule has 0 aliphatic carbocycles. The van der Waals surface area contributed by atoms with E-state index in [0.717, 1.165) is 19.3 Å². The van der Waals surface area contributed by atoms with Crippen LogP contribution in [0.1, 0.15) is 26.2 Å². The Kier molecular flexibility index (Phi) is 7.12. The molecule has 0 saturated carbocycles. The third-order valence-corrected chi connectivity index (χ3v) is 5.05. The van der Waals surface area contributed by atoms with Crippen LogP contribution in [-0.4, -0.2) is 29.3 Å². The van der Waals surface area contributed by atoms with Crippen LogP contribution in [0, 0.1) is 0 Å². The molecule has 31 heavy (non-hydrogen) atoms. The predicted octanol–water partition coefficient (Wildman–Crippen LogP) is 3.01. The Labute approximate surface area is 180 Å². The van der Waals surface area contributed by atoms with Crippen LogP contribution in [0.15, 0.2) is 52.1 Å². The smallest absolute Gasteiger partial charge is 0.331 e. The molecule has 1 heterocycles. The van der Waals surface area contributed by atoms with E-state index in [9.17, 15) is 14.4 Å². The summed E-state index contributed by atoms with van der Waals surface area (Å²) < 4.78 is 13.0. The van der Waals surface area contributed by atoms with Gasteiger partial charge in [0.2, 0.25) is 5.91 Å². The number of nitrogens with zero attached hydrogens (tertiary/aromatic N) is 2. The Morgan fingerprint density at radius 1 is 0.968 bits per heavy atom. The zero-order chi connectivity index (χ0) is 22.4. The van der Waals surface area contributed by atoms with Crippen molar-refractivity contribution >= 4 is 22.5 Å². The van der Waals surface area contributed by atoms with Gasteiger partial charge in [-0.2, -0.15) is 0 Å². The van der Waals surface area contributed by atoms with E-state index in [1.165, 1.54) is 23.4 Å². The molecule has 3 rings (SSSR count). The summed E-state index contributed by atoms with van der Waals surface area (Å²) in [7, 11) is 3.04.